The van der Waals surface area contributed by atoms with Gasteiger partial charge >= 0.3 is 0 Å². The molecule has 0 bridgehead atoms. The first-order chi connectivity index (χ1) is 9.13. The summed E-state index contributed by atoms with van der Waals surface area (Å²) in [7, 11) is 1.56. The van der Waals surface area contributed by atoms with Gasteiger partial charge in [0.15, 0.2) is 6.29 Å². The summed E-state index contributed by atoms with van der Waals surface area (Å²) >= 11 is 0. The molecule has 0 saturated carbocycles. The van der Waals surface area contributed by atoms with E-state index in [1.807, 2.05) is 6.92 Å². The summed E-state index contributed by atoms with van der Waals surface area (Å²) in [6.45, 7) is 2.19. The van der Waals surface area contributed by atoms with Crippen molar-refractivity contribution in [1.29, 1.82) is 0 Å². The van der Waals surface area contributed by atoms with E-state index in [9.17, 15) is 9.18 Å². The summed E-state index contributed by atoms with van der Waals surface area (Å²) in [6, 6.07) is 5.79. The van der Waals surface area contributed by atoms with Crippen LogP contribution in [-0.4, -0.2) is 31.1 Å². The number of benzene rings is 1. The molecule has 0 aliphatic rings. The Hall–Kier alpha value is -2.01. The van der Waals surface area contributed by atoms with Crippen molar-refractivity contribution in [2.24, 2.45) is 0 Å². The highest BCUT2D eigenvalue weighted by Gasteiger charge is 2.11. The molecular formula is C14H14FNO3. The number of methoxy groups -OCH3 is 1. The van der Waals surface area contributed by atoms with Crippen LogP contribution in [0.1, 0.15) is 17.4 Å². The molecule has 2 rings (SSSR count). The van der Waals surface area contributed by atoms with Crippen LogP contribution in [-0.2, 0) is 4.74 Å². The zero-order valence-corrected chi connectivity index (χ0v) is 10.7. The molecule has 19 heavy (non-hydrogen) atoms. The molecule has 100 valence electrons. The normalized spacial score (nSPS) is 12.4. The molecule has 0 saturated heterocycles. The fraction of sp³-hybridized carbons (Fsp3) is 0.286. The molecule has 5 heteroatoms. The molecule has 0 N–H and O–H groups in total. The van der Waals surface area contributed by atoms with Gasteiger partial charge in [-0.05, 0) is 19.1 Å². The van der Waals surface area contributed by atoms with Crippen LogP contribution in [0.4, 0.5) is 4.39 Å². The third-order valence-corrected chi connectivity index (χ3v) is 2.59. The van der Waals surface area contributed by atoms with Crippen molar-refractivity contribution >= 4 is 17.2 Å². The lowest BCUT2D eigenvalue weighted by Gasteiger charge is -2.15. The first-order valence-corrected chi connectivity index (χ1v) is 5.85. The Labute approximate surface area is 110 Å². The third-order valence-electron chi connectivity index (χ3n) is 2.59. The second-order valence-corrected chi connectivity index (χ2v) is 4.21. The molecule has 0 fully saturated rings. The van der Waals surface area contributed by atoms with Crippen molar-refractivity contribution in [3.8, 4) is 5.75 Å². The Morgan fingerprint density at radius 2 is 2.21 bits per heavy atom. The van der Waals surface area contributed by atoms with E-state index in [1.54, 1.807) is 13.2 Å². The topological polar surface area (TPSA) is 48.4 Å². The van der Waals surface area contributed by atoms with Crippen molar-refractivity contribution in [3.63, 3.8) is 0 Å². The number of hydrogen-bond donors (Lipinski definition) is 0. The van der Waals surface area contributed by atoms with Crippen LogP contribution in [0.2, 0.25) is 0 Å². The largest absolute Gasteiger partial charge is 0.486 e. The number of aromatic nitrogens is 1. The number of pyridine rings is 1. The Balaban J connectivity index is 2.47. The lowest BCUT2D eigenvalue weighted by molar-refractivity contribution is 0.0927. The molecule has 0 aliphatic carbocycles. The molecule has 0 radical (unpaired) electrons. The highest BCUT2D eigenvalue weighted by Crippen LogP contribution is 2.26. The minimum Gasteiger partial charge on any atom is -0.486 e. The molecule has 1 atom stereocenters. The van der Waals surface area contributed by atoms with Crippen LogP contribution in [0.5, 0.6) is 5.75 Å². The van der Waals surface area contributed by atoms with Crippen LogP contribution in [0.3, 0.4) is 0 Å². The van der Waals surface area contributed by atoms with Gasteiger partial charge in [-0.3, -0.25) is 4.79 Å². The molecule has 1 aromatic carbocycles. The van der Waals surface area contributed by atoms with Crippen molar-refractivity contribution in [2.75, 3.05) is 13.7 Å². The average Bonchev–Trinajstić information content (AvgIpc) is 2.38. The molecule has 1 heterocycles. The molecule has 4 nitrogen and oxygen atoms in total. The van der Waals surface area contributed by atoms with Crippen LogP contribution >= 0.6 is 0 Å². The van der Waals surface area contributed by atoms with Crippen LogP contribution in [0.15, 0.2) is 24.3 Å². The van der Waals surface area contributed by atoms with Gasteiger partial charge in [0.25, 0.3) is 0 Å². The molecule has 1 aromatic heterocycles. The number of halogens is 1. The molecule has 2 aromatic rings. The third kappa shape index (κ3) is 3.06. The SMILES string of the molecule is COC[C@@H](C)Oc1cc(F)cc2ccc(C=O)nc12. The molecule has 0 amide bonds. The van der Waals surface area contributed by atoms with Crippen LogP contribution in [0.25, 0.3) is 10.9 Å². The molecule has 0 aliphatic heterocycles. The van der Waals surface area contributed by atoms with Crippen molar-refractivity contribution in [2.45, 2.75) is 13.0 Å². The predicted octanol–water partition coefficient (Wildman–Crippen LogP) is 2.60. The minimum absolute atomic E-state index is 0.239. The van der Waals surface area contributed by atoms with Gasteiger partial charge in [0, 0.05) is 18.6 Å². The quantitative estimate of drug-likeness (QED) is 0.778. The summed E-state index contributed by atoms with van der Waals surface area (Å²) in [5.41, 5.74) is 0.748. The highest BCUT2D eigenvalue weighted by molar-refractivity contribution is 5.87. The summed E-state index contributed by atoms with van der Waals surface area (Å²) < 4.78 is 24.1. The number of hydrogen-bond acceptors (Lipinski definition) is 4. The Morgan fingerprint density at radius 3 is 2.89 bits per heavy atom. The number of ether oxygens (including phenoxy) is 2. The summed E-state index contributed by atoms with van der Waals surface area (Å²) in [5, 5.41) is 0.588. The Kier molecular flexibility index (Phi) is 4.06. The number of fused-ring (bicyclic) bond motifs is 1. The number of carbonyl (C=O) groups excluding carboxylic acids is 1. The van der Waals surface area contributed by atoms with E-state index in [2.05, 4.69) is 4.98 Å². The van der Waals surface area contributed by atoms with E-state index in [4.69, 9.17) is 9.47 Å². The number of rotatable bonds is 5. The van der Waals surface area contributed by atoms with Crippen molar-refractivity contribution in [1.82, 2.24) is 4.98 Å². The van der Waals surface area contributed by atoms with Gasteiger partial charge in [-0.1, -0.05) is 6.07 Å². The van der Waals surface area contributed by atoms with Crippen molar-refractivity contribution in [3.05, 3.63) is 35.8 Å². The van der Waals surface area contributed by atoms with Gasteiger partial charge in [-0.15, -0.1) is 0 Å². The maximum atomic E-state index is 13.5. The fourth-order valence-electron chi connectivity index (χ4n) is 1.82. The van der Waals surface area contributed by atoms with E-state index in [1.165, 1.54) is 18.2 Å². The first kappa shape index (κ1) is 13.4. The maximum absolute atomic E-state index is 13.5. The van der Waals surface area contributed by atoms with Gasteiger partial charge in [0.1, 0.15) is 28.9 Å². The van der Waals surface area contributed by atoms with Gasteiger partial charge in [-0.25, -0.2) is 9.37 Å². The summed E-state index contributed by atoms with van der Waals surface area (Å²) in [5.74, 6) is -0.101. The minimum atomic E-state index is -0.409. The Bertz CT molecular complexity index is 601. The monoisotopic (exact) mass is 263 g/mol. The Morgan fingerprint density at radius 1 is 1.42 bits per heavy atom. The van der Waals surface area contributed by atoms with E-state index < -0.39 is 5.82 Å². The van der Waals surface area contributed by atoms with Gasteiger partial charge in [-0.2, -0.15) is 0 Å². The smallest absolute Gasteiger partial charge is 0.168 e. The van der Waals surface area contributed by atoms with E-state index >= 15 is 0 Å². The summed E-state index contributed by atoms with van der Waals surface area (Å²) in [6.07, 6.45) is 0.405. The summed E-state index contributed by atoms with van der Waals surface area (Å²) in [4.78, 5) is 14.9. The zero-order chi connectivity index (χ0) is 13.8. The fourth-order valence-corrected chi connectivity index (χ4v) is 1.82. The van der Waals surface area contributed by atoms with Crippen molar-refractivity contribution < 1.29 is 18.7 Å². The number of nitrogens with zero attached hydrogens (tertiary/aromatic N) is 1. The molecule has 0 unspecified atom stereocenters. The van der Waals surface area contributed by atoms with E-state index in [0.29, 0.717) is 29.5 Å². The first-order valence-electron chi connectivity index (χ1n) is 5.85. The maximum Gasteiger partial charge on any atom is 0.168 e. The predicted molar refractivity (Wildman–Crippen MR) is 69.1 cm³/mol. The van der Waals surface area contributed by atoms with Crippen LogP contribution < -0.4 is 4.74 Å². The van der Waals surface area contributed by atoms with E-state index in [-0.39, 0.29) is 11.8 Å². The second-order valence-electron chi connectivity index (χ2n) is 4.21. The number of carbonyl (C=O) groups is 1. The zero-order valence-electron chi connectivity index (χ0n) is 10.7. The molecule has 0 spiro atoms. The number of aldehydes is 1. The van der Waals surface area contributed by atoms with Gasteiger partial charge < -0.3 is 9.47 Å². The standard InChI is InChI=1S/C14H14FNO3/c1-9(8-18-2)19-13-6-11(15)5-10-3-4-12(7-17)16-14(10)13/h3-7,9H,8H2,1-2H3/t9-/m1/s1. The highest BCUT2D eigenvalue weighted by atomic mass is 19.1. The lowest BCUT2D eigenvalue weighted by Crippen LogP contribution is -2.18. The lowest BCUT2D eigenvalue weighted by atomic mass is 10.2. The molecular weight excluding hydrogens is 249 g/mol. The van der Waals surface area contributed by atoms with Gasteiger partial charge in [0.05, 0.1) is 6.61 Å². The second kappa shape index (κ2) is 5.75. The van der Waals surface area contributed by atoms with Crippen LogP contribution in [0, 0.1) is 5.82 Å². The van der Waals surface area contributed by atoms with E-state index in [0.717, 1.165) is 0 Å². The van der Waals surface area contributed by atoms with Gasteiger partial charge in [0.2, 0.25) is 0 Å². The average molecular weight is 263 g/mol.